The predicted molar refractivity (Wildman–Crippen MR) is 76.5 cm³/mol. The minimum Gasteiger partial charge on any atom is -0.369 e. The van der Waals surface area contributed by atoms with Crippen LogP contribution in [0.2, 0.25) is 0 Å². The Morgan fingerprint density at radius 3 is 2.44 bits per heavy atom. The molecule has 0 aliphatic carbocycles. The van der Waals surface area contributed by atoms with E-state index in [1.165, 1.54) is 0 Å². The van der Waals surface area contributed by atoms with Crippen LogP contribution in [0.5, 0.6) is 0 Å². The Bertz CT molecular complexity index is 377. The van der Waals surface area contributed by atoms with Crippen LogP contribution < -0.4 is 10.2 Å². The van der Waals surface area contributed by atoms with Crippen LogP contribution in [0.25, 0.3) is 0 Å². The molecule has 0 heterocycles. The normalized spacial score (nSPS) is 12.8. The largest absolute Gasteiger partial charge is 0.369 e. The van der Waals surface area contributed by atoms with E-state index in [0.29, 0.717) is 17.6 Å². The second kappa shape index (κ2) is 6.74. The van der Waals surface area contributed by atoms with Gasteiger partial charge in [0.2, 0.25) is 0 Å². The van der Waals surface area contributed by atoms with Crippen molar-refractivity contribution in [2.45, 2.75) is 40.3 Å². The summed E-state index contributed by atoms with van der Waals surface area (Å²) in [5.74, 6) is 0.358. The minimum absolute atomic E-state index is 0.139. The summed E-state index contributed by atoms with van der Waals surface area (Å²) in [5, 5.41) is 3.20. The molecular weight excluding hydrogens is 227 g/mol. The lowest BCUT2D eigenvalue weighted by molar-refractivity contribution is 0.497. The fourth-order valence-electron chi connectivity index (χ4n) is 1.88. The van der Waals surface area contributed by atoms with Crippen LogP contribution in [-0.2, 0) is 6.54 Å². The van der Waals surface area contributed by atoms with E-state index in [4.69, 9.17) is 0 Å². The van der Waals surface area contributed by atoms with Crippen molar-refractivity contribution in [3.8, 4) is 0 Å². The van der Waals surface area contributed by atoms with E-state index in [-0.39, 0.29) is 5.82 Å². The first kappa shape index (κ1) is 15.0. The highest BCUT2D eigenvalue weighted by molar-refractivity contribution is 5.49. The summed E-state index contributed by atoms with van der Waals surface area (Å²) >= 11 is 0. The molecule has 0 radical (unpaired) electrons. The van der Waals surface area contributed by atoms with Crippen LogP contribution in [0.3, 0.4) is 0 Å². The monoisotopic (exact) mass is 252 g/mol. The number of benzene rings is 1. The first-order chi connectivity index (χ1) is 8.47. The highest BCUT2D eigenvalue weighted by Crippen LogP contribution is 2.23. The van der Waals surface area contributed by atoms with Crippen molar-refractivity contribution in [3.05, 3.63) is 29.6 Å². The van der Waals surface area contributed by atoms with E-state index in [9.17, 15) is 4.39 Å². The van der Waals surface area contributed by atoms with Gasteiger partial charge in [-0.2, -0.15) is 0 Å². The van der Waals surface area contributed by atoms with E-state index in [1.54, 1.807) is 6.07 Å². The lowest BCUT2D eigenvalue weighted by Gasteiger charge is -2.30. The zero-order valence-corrected chi connectivity index (χ0v) is 12.1. The van der Waals surface area contributed by atoms with E-state index in [1.807, 2.05) is 31.0 Å². The van der Waals surface area contributed by atoms with E-state index in [0.717, 1.165) is 18.7 Å². The van der Waals surface area contributed by atoms with Gasteiger partial charge in [0, 0.05) is 19.6 Å². The van der Waals surface area contributed by atoms with Crippen molar-refractivity contribution in [2.75, 3.05) is 18.5 Å². The van der Waals surface area contributed by atoms with Crippen molar-refractivity contribution in [1.82, 2.24) is 5.32 Å². The van der Waals surface area contributed by atoms with Crippen molar-refractivity contribution in [1.29, 1.82) is 0 Å². The number of hydrogen-bond acceptors (Lipinski definition) is 2. The van der Waals surface area contributed by atoms with Crippen molar-refractivity contribution in [3.63, 3.8) is 0 Å². The molecule has 3 heteroatoms. The molecule has 1 atom stereocenters. The number of hydrogen-bond donors (Lipinski definition) is 1. The summed E-state index contributed by atoms with van der Waals surface area (Å²) in [5.41, 5.74) is 1.67. The van der Waals surface area contributed by atoms with Crippen molar-refractivity contribution >= 4 is 5.69 Å². The van der Waals surface area contributed by atoms with Gasteiger partial charge in [0.25, 0.3) is 0 Å². The number of nitrogens with one attached hydrogen (secondary N) is 1. The second-order valence-electron chi connectivity index (χ2n) is 5.16. The average Bonchev–Trinajstić information content (AvgIpc) is 2.34. The van der Waals surface area contributed by atoms with E-state index in [2.05, 4.69) is 26.1 Å². The minimum atomic E-state index is -0.139. The van der Waals surface area contributed by atoms with Gasteiger partial charge in [-0.3, -0.25) is 0 Å². The molecule has 0 amide bonds. The van der Waals surface area contributed by atoms with Crippen LogP contribution in [0.4, 0.5) is 10.1 Å². The first-order valence-electron chi connectivity index (χ1n) is 6.69. The first-order valence-corrected chi connectivity index (χ1v) is 6.69. The SMILES string of the molecule is CCNCc1ccc(N(C)C(C)C(C)C)c(F)c1. The van der Waals surface area contributed by atoms with Crippen LogP contribution in [0.15, 0.2) is 18.2 Å². The van der Waals surface area contributed by atoms with E-state index < -0.39 is 0 Å². The Morgan fingerprint density at radius 1 is 1.28 bits per heavy atom. The fourth-order valence-corrected chi connectivity index (χ4v) is 1.88. The summed E-state index contributed by atoms with van der Waals surface area (Å²) < 4.78 is 14.1. The van der Waals surface area contributed by atoms with Gasteiger partial charge >= 0.3 is 0 Å². The predicted octanol–water partition coefficient (Wildman–Crippen LogP) is 3.42. The van der Waals surface area contributed by atoms with Gasteiger partial charge in [-0.15, -0.1) is 0 Å². The maximum absolute atomic E-state index is 14.1. The molecule has 1 unspecified atom stereocenters. The summed E-state index contributed by atoms with van der Waals surface area (Å²) in [6.07, 6.45) is 0. The molecule has 1 aromatic carbocycles. The maximum atomic E-state index is 14.1. The molecule has 2 nitrogen and oxygen atoms in total. The van der Waals surface area contributed by atoms with Gasteiger partial charge in [0.05, 0.1) is 5.69 Å². The molecule has 0 aromatic heterocycles. The third-order valence-electron chi connectivity index (χ3n) is 3.55. The zero-order chi connectivity index (χ0) is 13.7. The fraction of sp³-hybridized carbons (Fsp3) is 0.600. The number of anilines is 1. The highest BCUT2D eigenvalue weighted by atomic mass is 19.1. The molecule has 0 fully saturated rings. The Kier molecular flexibility index (Phi) is 5.60. The number of rotatable bonds is 6. The summed E-state index contributed by atoms with van der Waals surface area (Å²) in [4.78, 5) is 2.01. The Hall–Kier alpha value is -1.09. The molecule has 102 valence electrons. The molecule has 0 bridgehead atoms. The lowest BCUT2D eigenvalue weighted by atomic mass is 10.0. The topological polar surface area (TPSA) is 15.3 Å². The van der Waals surface area contributed by atoms with Gasteiger partial charge in [-0.05, 0) is 37.1 Å². The standard InChI is InChI=1S/C15H25FN2/c1-6-17-10-13-7-8-15(14(16)9-13)18(5)12(4)11(2)3/h7-9,11-12,17H,6,10H2,1-5H3. The molecule has 0 aliphatic rings. The average molecular weight is 252 g/mol. The molecule has 18 heavy (non-hydrogen) atoms. The van der Waals surface area contributed by atoms with E-state index >= 15 is 0 Å². The lowest BCUT2D eigenvalue weighted by Crippen LogP contribution is -2.33. The van der Waals surface area contributed by atoms with Crippen LogP contribution in [0, 0.1) is 11.7 Å². The number of nitrogens with zero attached hydrogens (tertiary/aromatic N) is 1. The van der Waals surface area contributed by atoms with Gasteiger partial charge in [-0.1, -0.05) is 26.8 Å². The summed E-state index contributed by atoms with van der Waals surface area (Å²) in [6.45, 7) is 10.1. The maximum Gasteiger partial charge on any atom is 0.146 e. The third kappa shape index (κ3) is 3.70. The van der Waals surface area contributed by atoms with Gasteiger partial charge in [-0.25, -0.2) is 4.39 Å². The van der Waals surface area contributed by atoms with Crippen LogP contribution in [-0.4, -0.2) is 19.6 Å². The van der Waals surface area contributed by atoms with Crippen molar-refractivity contribution in [2.24, 2.45) is 5.92 Å². The van der Waals surface area contributed by atoms with Gasteiger partial charge in [0.15, 0.2) is 0 Å². The Morgan fingerprint density at radius 2 is 1.94 bits per heavy atom. The van der Waals surface area contributed by atoms with Crippen LogP contribution >= 0.6 is 0 Å². The summed E-state index contributed by atoms with van der Waals surface area (Å²) in [7, 11) is 1.95. The summed E-state index contributed by atoms with van der Waals surface area (Å²) in [6, 6.07) is 5.81. The molecule has 0 aliphatic heterocycles. The second-order valence-corrected chi connectivity index (χ2v) is 5.16. The molecule has 1 N–H and O–H groups in total. The van der Waals surface area contributed by atoms with Gasteiger partial charge in [0.1, 0.15) is 5.82 Å². The molecule has 1 rings (SSSR count). The Balaban J connectivity index is 2.84. The molecule has 0 saturated heterocycles. The smallest absolute Gasteiger partial charge is 0.146 e. The highest BCUT2D eigenvalue weighted by Gasteiger charge is 2.16. The molecular formula is C15H25FN2. The zero-order valence-electron chi connectivity index (χ0n) is 12.1. The molecule has 0 saturated carbocycles. The Labute approximate surface area is 110 Å². The number of halogens is 1. The molecule has 0 spiro atoms. The van der Waals surface area contributed by atoms with Gasteiger partial charge < -0.3 is 10.2 Å². The van der Waals surface area contributed by atoms with Crippen LogP contribution in [0.1, 0.15) is 33.3 Å². The third-order valence-corrected chi connectivity index (χ3v) is 3.55. The van der Waals surface area contributed by atoms with Crippen molar-refractivity contribution < 1.29 is 4.39 Å². The quantitative estimate of drug-likeness (QED) is 0.834. The molecule has 1 aromatic rings.